The van der Waals surface area contributed by atoms with E-state index in [0.717, 1.165) is 20.8 Å². The number of thiophene rings is 1. The van der Waals surface area contributed by atoms with Crippen LogP contribution >= 0.6 is 34.3 Å². The second-order valence-corrected chi connectivity index (χ2v) is 6.67. The predicted molar refractivity (Wildman–Crippen MR) is 82.8 cm³/mol. The molecule has 20 heavy (non-hydrogen) atoms. The van der Waals surface area contributed by atoms with E-state index in [1.165, 1.54) is 22.7 Å². The van der Waals surface area contributed by atoms with E-state index in [4.69, 9.17) is 16.3 Å². The van der Waals surface area contributed by atoms with Crippen molar-refractivity contribution >= 4 is 50.3 Å². The molecular formula is C14H10ClNO2S2. The fourth-order valence-corrected chi connectivity index (χ4v) is 3.82. The van der Waals surface area contributed by atoms with Gasteiger partial charge in [0, 0.05) is 15.5 Å². The molecule has 0 aliphatic carbocycles. The van der Waals surface area contributed by atoms with Crippen LogP contribution in [-0.2, 0) is 11.3 Å². The monoisotopic (exact) mass is 323 g/mol. The molecule has 0 saturated carbocycles. The summed E-state index contributed by atoms with van der Waals surface area (Å²) in [5.41, 5.74) is 0.762. The largest absolute Gasteiger partial charge is 0.455 e. The molecule has 3 rings (SSSR count). The summed E-state index contributed by atoms with van der Waals surface area (Å²) in [6.45, 7) is 2.09. The highest BCUT2D eigenvalue weighted by Gasteiger charge is 2.18. The molecule has 0 spiro atoms. The molecule has 102 valence electrons. The van der Waals surface area contributed by atoms with Crippen LogP contribution in [-0.4, -0.2) is 11.0 Å². The number of hydrogen-bond donors (Lipinski definition) is 0. The quantitative estimate of drug-likeness (QED) is 0.657. The van der Waals surface area contributed by atoms with Gasteiger partial charge < -0.3 is 4.74 Å². The second kappa shape index (κ2) is 5.52. The molecule has 0 N–H and O–H groups in total. The Labute approximate surface area is 128 Å². The summed E-state index contributed by atoms with van der Waals surface area (Å²) in [6, 6.07) is 7.65. The number of benzene rings is 1. The molecule has 0 radical (unpaired) electrons. The van der Waals surface area contributed by atoms with Crippen molar-refractivity contribution in [3.8, 4) is 0 Å². The minimum absolute atomic E-state index is 0.174. The number of thiazole rings is 1. The SMILES string of the molecule is Cc1nc(COC(=O)c2sc3ccccc3c2Cl)cs1. The number of ether oxygens (including phenoxy) is 1. The van der Waals surface area contributed by atoms with Crippen LogP contribution in [0, 0.1) is 6.92 Å². The van der Waals surface area contributed by atoms with Crippen molar-refractivity contribution in [2.45, 2.75) is 13.5 Å². The first-order chi connectivity index (χ1) is 9.65. The summed E-state index contributed by atoms with van der Waals surface area (Å²) in [5.74, 6) is -0.401. The first-order valence-corrected chi connectivity index (χ1v) is 7.97. The molecule has 6 heteroatoms. The van der Waals surface area contributed by atoms with Gasteiger partial charge >= 0.3 is 5.97 Å². The third-order valence-corrected chi connectivity index (χ3v) is 5.22. The Morgan fingerprint density at radius 1 is 1.40 bits per heavy atom. The van der Waals surface area contributed by atoms with E-state index >= 15 is 0 Å². The maximum atomic E-state index is 12.1. The Morgan fingerprint density at radius 3 is 2.90 bits per heavy atom. The Hall–Kier alpha value is -1.43. The number of halogens is 1. The van der Waals surface area contributed by atoms with Crippen LogP contribution in [0.25, 0.3) is 10.1 Å². The molecule has 0 amide bonds. The molecule has 0 atom stereocenters. The first-order valence-electron chi connectivity index (χ1n) is 5.90. The molecule has 2 aromatic heterocycles. The lowest BCUT2D eigenvalue weighted by molar-refractivity contribution is 0.0474. The average molecular weight is 324 g/mol. The minimum atomic E-state index is -0.401. The molecule has 0 bridgehead atoms. The fourth-order valence-electron chi connectivity index (χ4n) is 1.82. The van der Waals surface area contributed by atoms with Crippen molar-refractivity contribution in [2.24, 2.45) is 0 Å². The summed E-state index contributed by atoms with van der Waals surface area (Å²) in [4.78, 5) is 16.8. The van der Waals surface area contributed by atoms with E-state index in [2.05, 4.69) is 4.98 Å². The van der Waals surface area contributed by atoms with E-state index in [0.29, 0.717) is 9.90 Å². The van der Waals surface area contributed by atoms with E-state index < -0.39 is 5.97 Å². The minimum Gasteiger partial charge on any atom is -0.455 e. The zero-order chi connectivity index (χ0) is 14.1. The van der Waals surface area contributed by atoms with E-state index in [-0.39, 0.29) is 6.61 Å². The van der Waals surface area contributed by atoms with Gasteiger partial charge in [-0.15, -0.1) is 22.7 Å². The third kappa shape index (κ3) is 2.57. The highest BCUT2D eigenvalue weighted by atomic mass is 35.5. The van der Waals surface area contributed by atoms with Gasteiger partial charge in [-0.05, 0) is 13.0 Å². The van der Waals surface area contributed by atoms with Gasteiger partial charge in [-0.1, -0.05) is 29.8 Å². The zero-order valence-electron chi connectivity index (χ0n) is 10.6. The highest BCUT2D eigenvalue weighted by Crippen LogP contribution is 2.35. The van der Waals surface area contributed by atoms with Crippen molar-refractivity contribution < 1.29 is 9.53 Å². The van der Waals surface area contributed by atoms with Gasteiger partial charge in [0.05, 0.1) is 15.7 Å². The van der Waals surface area contributed by atoms with Gasteiger partial charge in [-0.3, -0.25) is 0 Å². The van der Waals surface area contributed by atoms with Crippen molar-refractivity contribution in [2.75, 3.05) is 0 Å². The van der Waals surface area contributed by atoms with Gasteiger partial charge in [0.1, 0.15) is 11.5 Å². The van der Waals surface area contributed by atoms with Crippen LogP contribution in [0.1, 0.15) is 20.4 Å². The summed E-state index contributed by atoms with van der Waals surface area (Å²) in [5, 5.41) is 4.19. The molecule has 0 unspecified atom stereocenters. The molecule has 3 aromatic rings. The lowest BCUT2D eigenvalue weighted by Crippen LogP contribution is -2.04. The summed E-state index contributed by atoms with van der Waals surface area (Å²) in [7, 11) is 0. The number of carbonyl (C=O) groups excluding carboxylic acids is 1. The van der Waals surface area contributed by atoms with Gasteiger partial charge in [0.15, 0.2) is 0 Å². The average Bonchev–Trinajstić information content (AvgIpc) is 3.01. The number of rotatable bonds is 3. The van der Waals surface area contributed by atoms with E-state index in [1.54, 1.807) is 0 Å². The molecule has 1 aromatic carbocycles. The predicted octanol–water partition coefficient (Wildman–Crippen LogP) is 4.68. The van der Waals surface area contributed by atoms with Crippen LogP contribution in [0.5, 0.6) is 0 Å². The van der Waals surface area contributed by atoms with Gasteiger partial charge in [0.25, 0.3) is 0 Å². The molecule has 0 aliphatic heterocycles. The van der Waals surface area contributed by atoms with Crippen LogP contribution in [0.4, 0.5) is 0 Å². The zero-order valence-corrected chi connectivity index (χ0v) is 12.9. The lowest BCUT2D eigenvalue weighted by atomic mass is 10.2. The summed E-state index contributed by atoms with van der Waals surface area (Å²) >= 11 is 9.11. The number of carbonyl (C=O) groups is 1. The lowest BCUT2D eigenvalue weighted by Gasteiger charge is -2.00. The molecule has 0 saturated heterocycles. The Bertz CT molecular complexity index is 778. The smallest absolute Gasteiger partial charge is 0.350 e. The topological polar surface area (TPSA) is 39.2 Å². The van der Waals surface area contributed by atoms with Gasteiger partial charge in [-0.25, -0.2) is 9.78 Å². The van der Waals surface area contributed by atoms with Gasteiger partial charge in [-0.2, -0.15) is 0 Å². The maximum absolute atomic E-state index is 12.1. The molecule has 0 aliphatic rings. The normalized spacial score (nSPS) is 10.9. The maximum Gasteiger partial charge on any atom is 0.350 e. The van der Waals surface area contributed by atoms with Crippen LogP contribution in [0.2, 0.25) is 5.02 Å². The first kappa shape index (κ1) is 13.5. The summed E-state index contributed by atoms with van der Waals surface area (Å²) < 4.78 is 6.25. The number of nitrogens with zero attached hydrogens (tertiary/aromatic N) is 1. The number of esters is 1. The van der Waals surface area contributed by atoms with Crippen LogP contribution in [0.3, 0.4) is 0 Å². The molecular weight excluding hydrogens is 314 g/mol. The number of aryl methyl sites for hydroxylation is 1. The number of hydrogen-bond acceptors (Lipinski definition) is 5. The van der Waals surface area contributed by atoms with E-state index in [9.17, 15) is 4.79 Å². The molecule has 3 nitrogen and oxygen atoms in total. The second-order valence-electron chi connectivity index (χ2n) is 4.18. The van der Waals surface area contributed by atoms with Crippen molar-refractivity contribution in [3.63, 3.8) is 0 Å². The highest BCUT2D eigenvalue weighted by molar-refractivity contribution is 7.21. The summed E-state index contributed by atoms with van der Waals surface area (Å²) in [6.07, 6.45) is 0. The van der Waals surface area contributed by atoms with Crippen molar-refractivity contribution in [3.05, 3.63) is 50.2 Å². The van der Waals surface area contributed by atoms with Gasteiger partial charge in [0.2, 0.25) is 0 Å². The van der Waals surface area contributed by atoms with Crippen molar-refractivity contribution in [1.29, 1.82) is 0 Å². The number of fused-ring (bicyclic) bond motifs is 1. The standard InChI is InChI=1S/C14H10ClNO2S2/c1-8-16-9(7-19-8)6-18-14(17)13-12(15)10-4-2-3-5-11(10)20-13/h2-5,7H,6H2,1H3. The Morgan fingerprint density at radius 2 is 2.20 bits per heavy atom. The van der Waals surface area contributed by atoms with Crippen LogP contribution in [0.15, 0.2) is 29.6 Å². The number of aromatic nitrogens is 1. The van der Waals surface area contributed by atoms with Crippen molar-refractivity contribution in [1.82, 2.24) is 4.98 Å². The molecule has 2 heterocycles. The Kier molecular flexibility index (Phi) is 3.74. The van der Waals surface area contributed by atoms with E-state index in [1.807, 2.05) is 36.6 Å². The Balaban J connectivity index is 1.80. The fraction of sp³-hybridized carbons (Fsp3) is 0.143. The molecule has 0 fully saturated rings. The third-order valence-electron chi connectivity index (χ3n) is 2.74. The van der Waals surface area contributed by atoms with Crippen LogP contribution < -0.4 is 0 Å².